The zero-order valence-electron chi connectivity index (χ0n) is 13.5. The van der Waals surface area contributed by atoms with Crippen LogP contribution in [0.25, 0.3) is 27.9 Å². The maximum atomic E-state index is 5.64. The highest BCUT2D eigenvalue weighted by molar-refractivity contribution is 7.17. The van der Waals surface area contributed by atoms with Crippen molar-refractivity contribution in [1.29, 1.82) is 0 Å². The summed E-state index contributed by atoms with van der Waals surface area (Å²) >= 11 is 0. The number of nitrogens with zero attached hydrogens (tertiary/aromatic N) is 6. The molecule has 0 aliphatic carbocycles. The average Bonchev–Trinajstić information content (AvgIpc) is 3.08. The van der Waals surface area contributed by atoms with Gasteiger partial charge in [-0.25, -0.2) is 19.5 Å². The number of pyridine rings is 1. The van der Waals surface area contributed by atoms with Crippen LogP contribution in [-0.4, -0.2) is 34.8 Å². The van der Waals surface area contributed by atoms with Crippen LogP contribution in [0, 0.1) is 6.92 Å². The maximum Gasteiger partial charge on any atom is 0.238 e. The van der Waals surface area contributed by atoms with Gasteiger partial charge < -0.3 is 10.3 Å². The summed E-state index contributed by atoms with van der Waals surface area (Å²) in [6.07, 6.45) is 3.58. The van der Waals surface area contributed by atoms with Crippen molar-refractivity contribution in [2.45, 2.75) is 26.1 Å². The van der Waals surface area contributed by atoms with Gasteiger partial charge in [0.1, 0.15) is 11.3 Å². The van der Waals surface area contributed by atoms with Gasteiger partial charge in [-0.05, 0) is 30.8 Å². The van der Waals surface area contributed by atoms with Gasteiger partial charge in [0.25, 0.3) is 0 Å². The van der Waals surface area contributed by atoms with E-state index in [2.05, 4.69) is 35.8 Å². The van der Waals surface area contributed by atoms with Crippen LogP contribution in [0.5, 0.6) is 0 Å². The van der Waals surface area contributed by atoms with E-state index in [0.717, 1.165) is 40.3 Å². The highest BCUT2D eigenvalue weighted by atomic mass is 31.0. The third kappa shape index (κ3) is 2.41. The topological polar surface area (TPSA) is 86.9 Å². The molecule has 2 unspecified atom stereocenters. The summed E-state index contributed by atoms with van der Waals surface area (Å²) < 4.78 is 3.88. The Bertz CT molecular complexity index is 1050. The van der Waals surface area contributed by atoms with Gasteiger partial charge in [-0.3, -0.25) is 0 Å². The molecule has 4 heterocycles. The number of rotatable bonds is 3. The standard InChI is InChI=1S/C16H18N7P/c1-9(24)8-22-10(2)19-13-4-3-12(20-15(13)22)11-5-6-23-14(11)7-18-16(17)21-23/h3-7,9H,8,24H2,1-2H3,(H2,17,21). The molecule has 0 fully saturated rings. The molecular weight excluding hydrogens is 321 g/mol. The lowest BCUT2D eigenvalue weighted by Gasteiger charge is -2.09. The number of imidazole rings is 1. The summed E-state index contributed by atoms with van der Waals surface area (Å²) in [5, 5.41) is 4.18. The zero-order chi connectivity index (χ0) is 16.8. The van der Waals surface area contributed by atoms with E-state index in [-0.39, 0.29) is 5.95 Å². The van der Waals surface area contributed by atoms with Gasteiger partial charge in [0.2, 0.25) is 5.95 Å². The lowest BCUT2D eigenvalue weighted by molar-refractivity contribution is 0.682. The number of hydrogen-bond acceptors (Lipinski definition) is 5. The quantitative estimate of drug-likeness (QED) is 0.579. The first kappa shape index (κ1) is 15.0. The third-order valence-corrected chi connectivity index (χ3v) is 4.17. The summed E-state index contributed by atoms with van der Waals surface area (Å²) in [7, 11) is 2.82. The molecule has 4 aromatic rings. The molecule has 0 aliphatic heterocycles. The van der Waals surface area contributed by atoms with Crippen molar-refractivity contribution in [2.24, 2.45) is 0 Å². The summed E-state index contributed by atoms with van der Waals surface area (Å²) in [4.78, 5) is 13.5. The van der Waals surface area contributed by atoms with Crippen molar-refractivity contribution >= 4 is 31.9 Å². The Morgan fingerprint density at radius 3 is 2.88 bits per heavy atom. The van der Waals surface area contributed by atoms with Crippen LogP contribution < -0.4 is 5.73 Å². The van der Waals surface area contributed by atoms with Gasteiger partial charge in [0.15, 0.2) is 5.65 Å². The monoisotopic (exact) mass is 339 g/mol. The van der Waals surface area contributed by atoms with Gasteiger partial charge in [-0.1, -0.05) is 6.92 Å². The number of anilines is 1. The molecule has 0 saturated carbocycles. The number of hydrogen-bond donors (Lipinski definition) is 1. The van der Waals surface area contributed by atoms with Crippen LogP contribution in [-0.2, 0) is 6.54 Å². The average molecular weight is 339 g/mol. The Hall–Kier alpha value is -2.53. The number of nitrogen functional groups attached to an aromatic ring is 1. The second-order valence-corrected chi connectivity index (χ2v) is 7.10. The molecular formula is C16H18N7P. The largest absolute Gasteiger partial charge is 0.367 e. The van der Waals surface area contributed by atoms with Gasteiger partial charge in [-0.2, -0.15) is 0 Å². The van der Waals surface area contributed by atoms with E-state index in [0.29, 0.717) is 5.66 Å². The number of aryl methyl sites for hydroxylation is 1. The van der Waals surface area contributed by atoms with Gasteiger partial charge in [-0.15, -0.1) is 14.3 Å². The fraction of sp³-hybridized carbons (Fsp3) is 0.250. The minimum absolute atomic E-state index is 0.246. The van der Waals surface area contributed by atoms with Crippen molar-refractivity contribution in [3.63, 3.8) is 0 Å². The first-order valence-corrected chi connectivity index (χ1v) is 8.39. The number of nitrogens with two attached hydrogens (primary N) is 1. The fourth-order valence-corrected chi connectivity index (χ4v) is 3.11. The minimum atomic E-state index is 0.246. The fourth-order valence-electron chi connectivity index (χ4n) is 2.90. The molecule has 0 saturated heterocycles. The van der Waals surface area contributed by atoms with E-state index >= 15 is 0 Å². The molecule has 0 aliphatic rings. The van der Waals surface area contributed by atoms with Crippen LogP contribution in [0.1, 0.15) is 12.7 Å². The van der Waals surface area contributed by atoms with Crippen LogP contribution in [0.3, 0.4) is 0 Å². The Kier molecular flexibility index (Phi) is 3.46. The summed E-state index contributed by atoms with van der Waals surface area (Å²) in [5.74, 6) is 1.22. The summed E-state index contributed by atoms with van der Waals surface area (Å²) in [6.45, 7) is 5.03. The van der Waals surface area contributed by atoms with E-state index < -0.39 is 0 Å². The first-order valence-electron chi connectivity index (χ1n) is 7.72. The molecule has 0 radical (unpaired) electrons. The number of fused-ring (bicyclic) bond motifs is 2. The molecule has 0 aromatic carbocycles. The first-order chi connectivity index (χ1) is 11.5. The molecule has 2 atom stereocenters. The Balaban J connectivity index is 1.90. The Morgan fingerprint density at radius 1 is 1.25 bits per heavy atom. The predicted octanol–water partition coefficient (Wildman–Crippen LogP) is 2.30. The highest BCUT2D eigenvalue weighted by Crippen LogP contribution is 2.26. The highest BCUT2D eigenvalue weighted by Gasteiger charge is 2.14. The van der Waals surface area contributed by atoms with Crippen molar-refractivity contribution in [3.8, 4) is 11.3 Å². The van der Waals surface area contributed by atoms with Crippen molar-refractivity contribution in [1.82, 2.24) is 29.1 Å². The molecule has 2 N–H and O–H groups in total. The maximum absolute atomic E-state index is 5.64. The molecule has 0 amide bonds. The minimum Gasteiger partial charge on any atom is -0.367 e. The van der Waals surface area contributed by atoms with Crippen LogP contribution in [0.15, 0.2) is 30.6 Å². The molecule has 8 heteroatoms. The lowest BCUT2D eigenvalue weighted by atomic mass is 10.2. The van der Waals surface area contributed by atoms with Crippen molar-refractivity contribution in [3.05, 3.63) is 36.4 Å². The molecule has 122 valence electrons. The third-order valence-electron chi connectivity index (χ3n) is 3.96. The second kappa shape index (κ2) is 5.53. The molecule has 7 nitrogen and oxygen atoms in total. The van der Waals surface area contributed by atoms with Crippen molar-refractivity contribution < 1.29 is 0 Å². The molecule has 4 rings (SSSR count). The summed E-state index contributed by atoms with van der Waals surface area (Å²) in [6, 6.07) is 5.97. The zero-order valence-corrected chi connectivity index (χ0v) is 14.7. The lowest BCUT2D eigenvalue weighted by Crippen LogP contribution is -2.08. The predicted molar refractivity (Wildman–Crippen MR) is 97.8 cm³/mol. The molecule has 24 heavy (non-hydrogen) atoms. The van der Waals surface area contributed by atoms with Crippen molar-refractivity contribution in [2.75, 3.05) is 5.73 Å². The van der Waals surface area contributed by atoms with Crippen LogP contribution in [0.4, 0.5) is 5.95 Å². The van der Waals surface area contributed by atoms with E-state index in [1.165, 1.54) is 0 Å². The molecule has 4 aromatic heterocycles. The van der Waals surface area contributed by atoms with E-state index in [9.17, 15) is 0 Å². The summed E-state index contributed by atoms with van der Waals surface area (Å²) in [5.41, 5.74) is 10.6. The molecule has 0 bridgehead atoms. The van der Waals surface area contributed by atoms with Gasteiger partial charge in [0, 0.05) is 18.3 Å². The Morgan fingerprint density at radius 2 is 2.08 bits per heavy atom. The normalized spacial score (nSPS) is 13.0. The van der Waals surface area contributed by atoms with Gasteiger partial charge >= 0.3 is 0 Å². The number of aromatic nitrogens is 6. The van der Waals surface area contributed by atoms with E-state index in [1.807, 2.05) is 31.3 Å². The second-order valence-electron chi connectivity index (χ2n) is 5.96. The van der Waals surface area contributed by atoms with Gasteiger partial charge in [0.05, 0.1) is 17.4 Å². The smallest absolute Gasteiger partial charge is 0.238 e. The Labute approximate surface area is 141 Å². The molecule has 0 spiro atoms. The van der Waals surface area contributed by atoms with Crippen LogP contribution >= 0.6 is 9.24 Å². The van der Waals surface area contributed by atoms with E-state index in [1.54, 1.807) is 10.7 Å². The SMILES string of the molecule is Cc1nc2ccc(-c3ccn4nc(N)ncc34)nc2n1CC(C)P. The van der Waals surface area contributed by atoms with E-state index in [4.69, 9.17) is 10.7 Å². The van der Waals surface area contributed by atoms with Crippen LogP contribution in [0.2, 0.25) is 0 Å².